The fourth-order valence-electron chi connectivity index (χ4n) is 2.67. The van der Waals surface area contributed by atoms with Gasteiger partial charge in [0.05, 0.1) is 19.3 Å². The van der Waals surface area contributed by atoms with Crippen molar-refractivity contribution < 1.29 is 4.79 Å². The van der Waals surface area contributed by atoms with Gasteiger partial charge in [0.1, 0.15) is 11.7 Å². The van der Waals surface area contributed by atoms with E-state index >= 15 is 0 Å². The van der Waals surface area contributed by atoms with E-state index in [9.17, 15) is 9.59 Å². The maximum absolute atomic E-state index is 12.7. The van der Waals surface area contributed by atoms with Crippen molar-refractivity contribution in [1.29, 1.82) is 0 Å². The SMILES string of the molecule is CCC(=O)NCCn1ncc2c(=O)n(Cc3ccccc3C)cnc21. The molecule has 0 radical (unpaired) electrons. The first-order chi connectivity index (χ1) is 12.1. The molecule has 1 N–H and O–H groups in total. The van der Waals surface area contributed by atoms with Crippen LogP contribution in [0.2, 0.25) is 0 Å². The van der Waals surface area contributed by atoms with Crippen LogP contribution in [-0.4, -0.2) is 31.8 Å². The summed E-state index contributed by atoms with van der Waals surface area (Å²) in [6.45, 7) is 5.24. The molecule has 130 valence electrons. The van der Waals surface area contributed by atoms with Crippen LogP contribution in [0.3, 0.4) is 0 Å². The van der Waals surface area contributed by atoms with Crippen molar-refractivity contribution in [1.82, 2.24) is 24.6 Å². The van der Waals surface area contributed by atoms with Crippen LogP contribution in [0.25, 0.3) is 11.0 Å². The number of carbonyl (C=O) groups is 1. The summed E-state index contributed by atoms with van der Waals surface area (Å²) in [6.07, 6.45) is 3.54. The highest BCUT2D eigenvalue weighted by Crippen LogP contribution is 2.10. The first-order valence-corrected chi connectivity index (χ1v) is 8.32. The minimum Gasteiger partial charge on any atom is -0.354 e. The standard InChI is InChI=1S/C18H21N5O2/c1-3-16(24)19-8-9-23-17-15(10-21-23)18(25)22(12-20-17)11-14-7-5-4-6-13(14)2/h4-7,10,12H,3,8-9,11H2,1-2H3,(H,19,24). The Morgan fingerprint density at radius 1 is 1.28 bits per heavy atom. The van der Waals surface area contributed by atoms with E-state index in [1.165, 1.54) is 0 Å². The fraction of sp³-hybridized carbons (Fsp3) is 0.333. The summed E-state index contributed by atoms with van der Waals surface area (Å²) in [6, 6.07) is 7.97. The van der Waals surface area contributed by atoms with Gasteiger partial charge in [0.15, 0.2) is 5.65 Å². The molecule has 0 aliphatic rings. The summed E-state index contributed by atoms with van der Waals surface area (Å²) < 4.78 is 3.24. The average molecular weight is 339 g/mol. The van der Waals surface area contributed by atoms with E-state index in [1.807, 2.05) is 31.2 Å². The van der Waals surface area contributed by atoms with E-state index < -0.39 is 0 Å². The molecule has 7 heteroatoms. The van der Waals surface area contributed by atoms with Gasteiger partial charge in [-0.15, -0.1) is 0 Å². The minimum absolute atomic E-state index is 0.00925. The number of fused-ring (bicyclic) bond motifs is 1. The fourth-order valence-corrected chi connectivity index (χ4v) is 2.67. The Balaban J connectivity index is 1.83. The van der Waals surface area contributed by atoms with E-state index in [4.69, 9.17) is 0 Å². The van der Waals surface area contributed by atoms with Gasteiger partial charge >= 0.3 is 0 Å². The Kier molecular flexibility index (Phi) is 4.92. The molecule has 0 saturated heterocycles. The van der Waals surface area contributed by atoms with E-state index in [0.717, 1.165) is 11.1 Å². The second-order valence-corrected chi connectivity index (χ2v) is 5.91. The zero-order valence-electron chi connectivity index (χ0n) is 14.4. The van der Waals surface area contributed by atoms with Gasteiger partial charge in [-0.2, -0.15) is 5.10 Å². The Labute approximate surface area is 145 Å². The highest BCUT2D eigenvalue weighted by Gasteiger charge is 2.11. The van der Waals surface area contributed by atoms with Crippen LogP contribution in [-0.2, 0) is 17.9 Å². The average Bonchev–Trinajstić information content (AvgIpc) is 3.03. The van der Waals surface area contributed by atoms with E-state index in [2.05, 4.69) is 15.4 Å². The summed E-state index contributed by atoms with van der Waals surface area (Å²) in [5.74, 6) is -0.00925. The van der Waals surface area contributed by atoms with Crippen LogP contribution >= 0.6 is 0 Å². The number of hydrogen-bond donors (Lipinski definition) is 1. The number of benzene rings is 1. The van der Waals surface area contributed by atoms with Crippen molar-refractivity contribution in [2.24, 2.45) is 0 Å². The Bertz CT molecular complexity index is 957. The molecule has 3 aromatic rings. The lowest BCUT2D eigenvalue weighted by atomic mass is 10.1. The predicted octanol–water partition coefficient (Wildman–Crippen LogP) is 1.48. The quantitative estimate of drug-likeness (QED) is 0.737. The summed E-state index contributed by atoms with van der Waals surface area (Å²) in [7, 11) is 0. The third kappa shape index (κ3) is 3.60. The molecule has 0 fully saturated rings. The molecule has 1 amide bonds. The maximum Gasteiger partial charge on any atom is 0.264 e. The van der Waals surface area contributed by atoms with Gasteiger partial charge in [0.25, 0.3) is 5.56 Å². The first-order valence-electron chi connectivity index (χ1n) is 8.32. The highest BCUT2D eigenvalue weighted by molar-refractivity contribution is 5.75. The Morgan fingerprint density at radius 2 is 2.08 bits per heavy atom. The van der Waals surface area contributed by atoms with Crippen LogP contribution in [0.1, 0.15) is 24.5 Å². The number of rotatable bonds is 6. The van der Waals surface area contributed by atoms with Gasteiger partial charge < -0.3 is 5.32 Å². The van der Waals surface area contributed by atoms with Gasteiger partial charge in [-0.1, -0.05) is 31.2 Å². The summed E-state index contributed by atoms with van der Waals surface area (Å²) in [5.41, 5.74) is 2.64. The molecule has 0 spiro atoms. The van der Waals surface area contributed by atoms with Gasteiger partial charge in [-0.25, -0.2) is 9.67 Å². The van der Waals surface area contributed by atoms with Crippen LogP contribution in [0.5, 0.6) is 0 Å². The molecule has 1 aromatic carbocycles. The van der Waals surface area contributed by atoms with Gasteiger partial charge in [-0.3, -0.25) is 14.2 Å². The summed E-state index contributed by atoms with van der Waals surface area (Å²) >= 11 is 0. The number of nitrogens with one attached hydrogen (secondary N) is 1. The molecule has 7 nitrogen and oxygen atoms in total. The first kappa shape index (κ1) is 16.9. The number of hydrogen-bond acceptors (Lipinski definition) is 4. The molecular weight excluding hydrogens is 318 g/mol. The van der Waals surface area contributed by atoms with Crippen LogP contribution in [0.15, 0.2) is 41.6 Å². The lowest BCUT2D eigenvalue weighted by molar-refractivity contribution is -0.120. The van der Waals surface area contributed by atoms with Gasteiger partial charge in [-0.05, 0) is 18.1 Å². The van der Waals surface area contributed by atoms with Crippen LogP contribution in [0, 0.1) is 6.92 Å². The minimum atomic E-state index is -0.114. The second-order valence-electron chi connectivity index (χ2n) is 5.91. The molecule has 0 bridgehead atoms. The van der Waals surface area contributed by atoms with Crippen molar-refractivity contribution in [3.63, 3.8) is 0 Å². The zero-order chi connectivity index (χ0) is 17.8. The number of carbonyl (C=O) groups excluding carboxylic acids is 1. The van der Waals surface area contributed by atoms with Crippen LogP contribution in [0.4, 0.5) is 0 Å². The lowest BCUT2D eigenvalue weighted by Crippen LogP contribution is -2.27. The van der Waals surface area contributed by atoms with Crippen molar-refractivity contribution in [3.05, 3.63) is 58.3 Å². The van der Waals surface area contributed by atoms with Crippen molar-refractivity contribution in [2.45, 2.75) is 33.4 Å². The van der Waals surface area contributed by atoms with E-state index in [1.54, 1.807) is 28.7 Å². The molecule has 0 aliphatic heterocycles. The van der Waals surface area contributed by atoms with Crippen molar-refractivity contribution in [3.8, 4) is 0 Å². The van der Waals surface area contributed by atoms with Crippen molar-refractivity contribution >= 4 is 16.9 Å². The number of nitrogens with zero attached hydrogens (tertiary/aromatic N) is 4. The highest BCUT2D eigenvalue weighted by atomic mass is 16.1. The van der Waals surface area contributed by atoms with Gasteiger partial charge in [0, 0.05) is 13.0 Å². The number of aryl methyl sites for hydroxylation is 1. The summed E-state index contributed by atoms with van der Waals surface area (Å²) in [5, 5.41) is 7.51. The molecule has 25 heavy (non-hydrogen) atoms. The zero-order valence-corrected chi connectivity index (χ0v) is 14.4. The number of aromatic nitrogens is 4. The van der Waals surface area contributed by atoms with Crippen molar-refractivity contribution in [2.75, 3.05) is 6.54 Å². The molecule has 0 saturated carbocycles. The third-order valence-corrected chi connectivity index (χ3v) is 4.19. The molecule has 2 heterocycles. The normalized spacial score (nSPS) is 11.0. The topological polar surface area (TPSA) is 81.8 Å². The summed E-state index contributed by atoms with van der Waals surface area (Å²) in [4.78, 5) is 28.4. The van der Waals surface area contributed by atoms with E-state index in [0.29, 0.717) is 37.1 Å². The van der Waals surface area contributed by atoms with Gasteiger partial charge in [0.2, 0.25) is 5.91 Å². The molecule has 2 aromatic heterocycles. The Hall–Kier alpha value is -2.96. The predicted molar refractivity (Wildman–Crippen MR) is 95.4 cm³/mol. The van der Waals surface area contributed by atoms with Crippen LogP contribution < -0.4 is 10.9 Å². The smallest absolute Gasteiger partial charge is 0.264 e. The Morgan fingerprint density at radius 3 is 2.84 bits per heavy atom. The monoisotopic (exact) mass is 339 g/mol. The molecule has 0 unspecified atom stereocenters. The maximum atomic E-state index is 12.7. The molecule has 3 rings (SSSR count). The largest absolute Gasteiger partial charge is 0.354 e. The van der Waals surface area contributed by atoms with E-state index in [-0.39, 0.29) is 11.5 Å². The second kappa shape index (κ2) is 7.29. The molecule has 0 atom stereocenters. The number of amides is 1. The molecule has 0 aliphatic carbocycles. The third-order valence-electron chi connectivity index (χ3n) is 4.19. The molecular formula is C18H21N5O2. The lowest BCUT2D eigenvalue weighted by Gasteiger charge is -2.09.